The van der Waals surface area contributed by atoms with E-state index in [9.17, 15) is 9.59 Å². The second kappa shape index (κ2) is 4.79. The molecule has 2 N–H and O–H groups in total. The summed E-state index contributed by atoms with van der Waals surface area (Å²) in [5.74, 6) is -1.25. The van der Waals surface area contributed by atoms with Gasteiger partial charge in [0.15, 0.2) is 0 Å². The van der Waals surface area contributed by atoms with E-state index in [0.717, 1.165) is 5.56 Å². The van der Waals surface area contributed by atoms with E-state index in [0.29, 0.717) is 5.69 Å². The van der Waals surface area contributed by atoms with Crippen molar-refractivity contribution in [3.8, 4) is 0 Å². The average molecular weight is 221 g/mol. The van der Waals surface area contributed by atoms with Crippen LogP contribution >= 0.6 is 0 Å². The van der Waals surface area contributed by atoms with Crippen molar-refractivity contribution in [1.29, 1.82) is 0 Å². The number of amides is 1. The van der Waals surface area contributed by atoms with Gasteiger partial charge in [-0.05, 0) is 24.6 Å². The van der Waals surface area contributed by atoms with E-state index in [-0.39, 0.29) is 17.4 Å². The fourth-order valence-electron chi connectivity index (χ4n) is 1.17. The van der Waals surface area contributed by atoms with Crippen molar-refractivity contribution in [1.82, 2.24) is 0 Å². The van der Waals surface area contributed by atoms with Crippen LogP contribution in [-0.2, 0) is 4.79 Å². The summed E-state index contributed by atoms with van der Waals surface area (Å²) in [4.78, 5) is 22.3. The van der Waals surface area contributed by atoms with Crippen molar-refractivity contribution < 1.29 is 14.7 Å². The van der Waals surface area contributed by atoms with Crippen LogP contribution in [0.4, 0.5) is 5.69 Å². The van der Waals surface area contributed by atoms with Gasteiger partial charge in [0.25, 0.3) is 0 Å². The van der Waals surface area contributed by atoms with Crippen molar-refractivity contribution in [3.63, 3.8) is 0 Å². The third-order valence-electron chi connectivity index (χ3n) is 2.27. The fourth-order valence-corrected chi connectivity index (χ4v) is 1.17. The predicted octanol–water partition coefficient (Wildman–Crippen LogP) is 2.29. The molecule has 16 heavy (non-hydrogen) atoms. The number of aryl methyl sites for hydroxylation is 1. The zero-order chi connectivity index (χ0) is 12.3. The molecule has 0 fully saturated rings. The number of benzene rings is 1. The number of carboxylic acid groups (broad SMARTS) is 1. The number of rotatable bonds is 3. The molecule has 86 valence electrons. The minimum atomic E-state index is -1.000. The minimum absolute atomic E-state index is 0.120. The first-order valence-electron chi connectivity index (χ1n) is 5.06. The summed E-state index contributed by atoms with van der Waals surface area (Å²) < 4.78 is 0. The summed E-state index contributed by atoms with van der Waals surface area (Å²) in [7, 11) is 0. The van der Waals surface area contributed by atoms with Crippen LogP contribution in [0.5, 0.6) is 0 Å². The van der Waals surface area contributed by atoms with Gasteiger partial charge in [0, 0.05) is 11.6 Å². The highest BCUT2D eigenvalue weighted by Crippen LogP contribution is 2.17. The molecule has 0 spiro atoms. The molecule has 1 amide bonds. The highest BCUT2D eigenvalue weighted by molar-refractivity contribution is 5.95. The van der Waals surface area contributed by atoms with Crippen LogP contribution < -0.4 is 5.32 Å². The molecule has 0 atom stereocenters. The first kappa shape index (κ1) is 12.2. The van der Waals surface area contributed by atoms with Gasteiger partial charge in [0.05, 0.1) is 5.56 Å². The molecule has 0 saturated carbocycles. The number of carbonyl (C=O) groups excluding carboxylic acids is 1. The molecule has 0 aromatic heterocycles. The van der Waals surface area contributed by atoms with E-state index in [4.69, 9.17) is 5.11 Å². The molecule has 0 saturated heterocycles. The molecule has 0 aliphatic rings. The second-order valence-electron chi connectivity index (χ2n) is 3.98. The smallest absolute Gasteiger partial charge is 0.335 e. The van der Waals surface area contributed by atoms with E-state index in [2.05, 4.69) is 5.32 Å². The number of hydrogen-bond acceptors (Lipinski definition) is 2. The third kappa shape index (κ3) is 2.82. The number of anilines is 1. The standard InChI is InChI=1S/C12H15NO3/c1-7(2)11(14)13-10-6-9(12(15)16)5-4-8(10)3/h4-7H,1-3H3,(H,13,14)(H,15,16). The molecule has 4 nitrogen and oxygen atoms in total. The van der Waals surface area contributed by atoms with Crippen LogP contribution in [0.1, 0.15) is 29.8 Å². The van der Waals surface area contributed by atoms with Crippen molar-refractivity contribution in [2.45, 2.75) is 20.8 Å². The summed E-state index contributed by atoms with van der Waals surface area (Å²) in [5, 5.41) is 11.5. The fraction of sp³-hybridized carbons (Fsp3) is 0.333. The molecule has 0 bridgehead atoms. The highest BCUT2D eigenvalue weighted by atomic mass is 16.4. The average Bonchev–Trinajstić information content (AvgIpc) is 2.20. The predicted molar refractivity (Wildman–Crippen MR) is 61.6 cm³/mol. The Morgan fingerprint density at radius 2 is 1.94 bits per heavy atom. The maximum absolute atomic E-state index is 11.5. The Labute approximate surface area is 94.3 Å². The van der Waals surface area contributed by atoms with Gasteiger partial charge in [-0.1, -0.05) is 19.9 Å². The monoisotopic (exact) mass is 221 g/mol. The van der Waals surface area contributed by atoms with Gasteiger partial charge in [-0.25, -0.2) is 4.79 Å². The maximum atomic E-state index is 11.5. The lowest BCUT2D eigenvalue weighted by atomic mass is 10.1. The number of carbonyl (C=O) groups is 2. The highest BCUT2D eigenvalue weighted by Gasteiger charge is 2.11. The summed E-state index contributed by atoms with van der Waals surface area (Å²) in [5.41, 5.74) is 1.57. The molecule has 1 aromatic carbocycles. The van der Waals surface area contributed by atoms with Gasteiger partial charge in [-0.2, -0.15) is 0 Å². The van der Waals surface area contributed by atoms with Gasteiger partial charge in [0.1, 0.15) is 0 Å². The van der Waals surface area contributed by atoms with Crippen molar-refractivity contribution in [2.75, 3.05) is 5.32 Å². The number of carboxylic acids is 1. The van der Waals surface area contributed by atoms with E-state index >= 15 is 0 Å². The molecule has 1 rings (SSSR count). The zero-order valence-electron chi connectivity index (χ0n) is 9.57. The van der Waals surface area contributed by atoms with Crippen LogP contribution in [0.15, 0.2) is 18.2 Å². The summed E-state index contributed by atoms with van der Waals surface area (Å²) in [6.07, 6.45) is 0. The van der Waals surface area contributed by atoms with Crippen LogP contribution in [0.2, 0.25) is 0 Å². The first-order chi connectivity index (χ1) is 7.41. The Balaban J connectivity index is 2.99. The lowest BCUT2D eigenvalue weighted by Crippen LogP contribution is -2.18. The zero-order valence-corrected chi connectivity index (χ0v) is 9.57. The molecule has 1 aromatic rings. The van der Waals surface area contributed by atoms with Crippen molar-refractivity contribution in [3.05, 3.63) is 29.3 Å². The van der Waals surface area contributed by atoms with Gasteiger partial charge in [-0.15, -0.1) is 0 Å². The quantitative estimate of drug-likeness (QED) is 0.822. The van der Waals surface area contributed by atoms with Crippen molar-refractivity contribution in [2.24, 2.45) is 5.92 Å². The van der Waals surface area contributed by atoms with E-state index in [1.165, 1.54) is 12.1 Å². The number of nitrogens with one attached hydrogen (secondary N) is 1. The van der Waals surface area contributed by atoms with Gasteiger partial charge < -0.3 is 10.4 Å². The largest absolute Gasteiger partial charge is 0.478 e. The van der Waals surface area contributed by atoms with Crippen molar-refractivity contribution >= 4 is 17.6 Å². The molecule has 4 heteroatoms. The molecule has 0 unspecified atom stereocenters. The van der Waals surface area contributed by atoms with E-state index in [1.54, 1.807) is 19.9 Å². The summed E-state index contributed by atoms with van der Waals surface area (Å²) in [6.45, 7) is 5.39. The lowest BCUT2D eigenvalue weighted by Gasteiger charge is -2.10. The van der Waals surface area contributed by atoms with E-state index < -0.39 is 5.97 Å². The molecule has 0 aliphatic carbocycles. The Morgan fingerprint density at radius 3 is 2.44 bits per heavy atom. The topological polar surface area (TPSA) is 66.4 Å². The number of hydrogen-bond donors (Lipinski definition) is 2. The molecular formula is C12H15NO3. The maximum Gasteiger partial charge on any atom is 0.335 e. The van der Waals surface area contributed by atoms with Gasteiger partial charge >= 0.3 is 5.97 Å². The van der Waals surface area contributed by atoms with Crippen LogP contribution in [0.25, 0.3) is 0 Å². The second-order valence-corrected chi connectivity index (χ2v) is 3.98. The number of aromatic carboxylic acids is 1. The van der Waals surface area contributed by atoms with Crippen LogP contribution in [-0.4, -0.2) is 17.0 Å². The van der Waals surface area contributed by atoms with E-state index in [1.807, 2.05) is 6.92 Å². The van der Waals surface area contributed by atoms with Crippen LogP contribution in [0.3, 0.4) is 0 Å². The van der Waals surface area contributed by atoms with Gasteiger partial charge in [0.2, 0.25) is 5.91 Å². The molecule has 0 heterocycles. The molecule has 0 radical (unpaired) electrons. The Kier molecular flexibility index (Phi) is 3.66. The molecular weight excluding hydrogens is 206 g/mol. The Hall–Kier alpha value is -1.84. The first-order valence-corrected chi connectivity index (χ1v) is 5.06. The van der Waals surface area contributed by atoms with Crippen LogP contribution in [0, 0.1) is 12.8 Å². The SMILES string of the molecule is Cc1ccc(C(=O)O)cc1NC(=O)C(C)C. The third-order valence-corrected chi connectivity index (χ3v) is 2.27. The minimum Gasteiger partial charge on any atom is -0.478 e. The van der Waals surface area contributed by atoms with Gasteiger partial charge in [-0.3, -0.25) is 4.79 Å². The summed E-state index contributed by atoms with van der Waals surface area (Å²) in [6, 6.07) is 4.67. The lowest BCUT2D eigenvalue weighted by molar-refractivity contribution is -0.118. The normalized spacial score (nSPS) is 10.2. The Bertz CT molecular complexity index is 424. The Morgan fingerprint density at radius 1 is 1.31 bits per heavy atom. The molecule has 0 aliphatic heterocycles. The summed E-state index contributed by atoms with van der Waals surface area (Å²) >= 11 is 0.